The van der Waals surface area contributed by atoms with Gasteiger partial charge in [-0.15, -0.1) is 0 Å². The minimum Gasteiger partial charge on any atom is -0.302 e. The molecule has 5 heteroatoms. The van der Waals surface area contributed by atoms with Crippen LogP contribution in [0, 0.1) is 0 Å². The summed E-state index contributed by atoms with van der Waals surface area (Å²) in [5.41, 5.74) is 1.00. The van der Waals surface area contributed by atoms with E-state index in [1.54, 1.807) is 24.3 Å². The van der Waals surface area contributed by atoms with Gasteiger partial charge in [0.05, 0.1) is 5.69 Å². The van der Waals surface area contributed by atoms with Gasteiger partial charge < -0.3 is 4.90 Å². The number of aliphatic imine (C=N–C) groups is 1. The predicted molar refractivity (Wildman–Crippen MR) is 53.9 cm³/mol. The van der Waals surface area contributed by atoms with Crippen LogP contribution in [0.25, 0.3) is 0 Å². The Balaban J connectivity index is 3.04. The van der Waals surface area contributed by atoms with Crippen LogP contribution >= 0.6 is 11.6 Å². The van der Waals surface area contributed by atoms with Gasteiger partial charge in [-0.3, -0.25) is 4.79 Å². The highest BCUT2D eigenvalue weighted by atomic mass is 35.5. The third-order valence-electron chi connectivity index (χ3n) is 1.66. The smallest absolute Gasteiger partial charge is 0.302 e. The number of hydrogen-bond acceptors (Lipinski definition) is 3. The quantitative estimate of drug-likeness (QED) is 0.326. The van der Waals surface area contributed by atoms with E-state index in [1.807, 2.05) is 0 Å². The number of rotatable bonds is 2. The molecule has 0 radical (unpaired) electrons. The van der Waals surface area contributed by atoms with Crippen LogP contribution in [0.5, 0.6) is 0 Å². The normalized spacial score (nSPS) is 9.00. The number of carbonyl (C=O) groups is 1. The molecule has 0 heterocycles. The number of amides is 1. The molecule has 0 aliphatic carbocycles. The minimum atomic E-state index is -0.600. The molecule has 1 aromatic rings. The average Bonchev–Trinajstić information content (AvgIpc) is 2.17. The molecule has 14 heavy (non-hydrogen) atoms. The number of isocyanates is 1. The summed E-state index contributed by atoms with van der Waals surface area (Å²) >= 11 is 5.27. The molecule has 0 saturated carbocycles. The van der Waals surface area contributed by atoms with Crippen molar-refractivity contribution in [3.05, 3.63) is 24.3 Å². The fourth-order valence-electron chi connectivity index (χ4n) is 0.925. The summed E-state index contributed by atoms with van der Waals surface area (Å²) in [5, 5.41) is -0.600. The molecule has 0 unspecified atom stereocenters. The summed E-state index contributed by atoms with van der Waals surface area (Å²) in [5.74, 6) is 0. The van der Waals surface area contributed by atoms with E-state index < -0.39 is 5.37 Å². The van der Waals surface area contributed by atoms with Crippen molar-refractivity contribution in [2.24, 2.45) is 4.99 Å². The fourth-order valence-corrected chi connectivity index (χ4v) is 1.02. The molecule has 1 aromatic carbocycles. The molecule has 1 rings (SSSR count). The van der Waals surface area contributed by atoms with Crippen molar-refractivity contribution >= 4 is 34.4 Å². The number of hydrogen-bond donors (Lipinski definition) is 0. The summed E-state index contributed by atoms with van der Waals surface area (Å²) in [7, 11) is 1.53. The molecular formula is C9H7ClN2O2. The zero-order valence-electron chi connectivity index (χ0n) is 7.40. The summed E-state index contributed by atoms with van der Waals surface area (Å²) in [6, 6.07) is 6.54. The molecule has 1 amide bonds. The van der Waals surface area contributed by atoms with Gasteiger partial charge in [-0.05, 0) is 29.8 Å². The molecule has 72 valence electrons. The number of anilines is 1. The molecular weight excluding hydrogens is 204 g/mol. The lowest BCUT2D eigenvalue weighted by Crippen LogP contribution is -2.19. The maximum absolute atomic E-state index is 10.8. The molecule has 0 atom stereocenters. The molecule has 0 fully saturated rings. The highest BCUT2D eigenvalue weighted by Gasteiger charge is 2.07. The fraction of sp³-hybridized carbons (Fsp3) is 0.111. The Morgan fingerprint density at radius 1 is 1.57 bits per heavy atom. The van der Waals surface area contributed by atoms with Crippen LogP contribution in [-0.4, -0.2) is 18.5 Å². The summed E-state index contributed by atoms with van der Waals surface area (Å²) < 4.78 is 0. The van der Waals surface area contributed by atoms with Crippen molar-refractivity contribution in [1.82, 2.24) is 0 Å². The van der Waals surface area contributed by atoms with Crippen molar-refractivity contribution in [2.45, 2.75) is 0 Å². The predicted octanol–water partition coefficient (Wildman–Crippen LogP) is 2.45. The van der Waals surface area contributed by atoms with Gasteiger partial charge in [0.25, 0.3) is 0 Å². The van der Waals surface area contributed by atoms with Crippen LogP contribution in [0.15, 0.2) is 29.3 Å². The lowest BCUT2D eigenvalue weighted by molar-refractivity contribution is 0.265. The van der Waals surface area contributed by atoms with E-state index in [0.29, 0.717) is 11.4 Å². The lowest BCUT2D eigenvalue weighted by Gasteiger charge is -2.12. The SMILES string of the molecule is CN(C(=O)Cl)c1cccc(N=C=O)c1. The third kappa shape index (κ3) is 2.42. The van der Waals surface area contributed by atoms with Crippen molar-refractivity contribution in [1.29, 1.82) is 0 Å². The van der Waals surface area contributed by atoms with Gasteiger partial charge >= 0.3 is 5.37 Å². The van der Waals surface area contributed by atoms with Crippen molar-refractivity contribution in [2.75, 3.05) is 11.9 Å². The van der Waals surface area contributed by atoms with E-state index in [0.717, 1.165) is 0 Å². The molecule has 0 N–H and O–H groups in total. The van der Waals surface area contributed by atoms with E-state index >= 15 is 0 Å². The Morgan fingerprint density at radius 3 is 2.86 bits per heavy atom. The van der Waals surface area contributed by atoms with Crippen LogP contribution in [0.3, 0.4) is 0 Å². The molecule has 0 aromatic heterocycles. The first-order valence-electron chi connectivity index (χ1n) is 3.76. The number of halogens is 1. The monoisotopic (exact) mass is 210 g/mol. The third-order valence-corrected chi connectivity index (χ3v) is 1.91. The molecule has 0 bridgehead atoms. The first kappa shape index (κ1) is 10.4. The van der Waals surface area contributed by atoms with E-state index in [1.165, 1.54) is 18.0 Å². The zero-order valence-corrected chi connectivity index (χ0v) is 8.15. The lowest BCUT2D eigenvalue weighted by atomic mass is 10.3. The van der Waals surface area contributed by atoms with Gasteiger partial charge in [0.2, 0.25) is 6.08 Å². The Kier molecular flexibility index (Phi) is 3.40. The van der Waals surface area contributed by atoms with E-state index in [4.69, 9.17) is 11.6 Å². The molecule has 4 nitrogen and oxygen atoms in total. The second-order valence-corrected chi connectivity index (χ2v) is 2.86. The maximum Gasteiger partial charge on any atom is 0.320 e. The number of nitrogens with zero attached hydrogens (tertiary/aromatic N) is 2. The van der Waals surface area contributed by atoms with Gasteiger partial charge in [0.15, 0.2) is 0 Å². The van der Waals surface area contributed by atoms with Gasteiger partial charge in [0.1, 0.15) is 0 Å². The van der Waals surface area contributed by atoms with E-state index in [-0.39, 0.29) is 0 Å². The largest absolute Gasteiger partial charge is 0.320 e. The Morgan fingerprint density at radius 2 is 2.29 bits per heavy atom. The average molecular weight is 211 g/mol. The van der Waals surface area contributed by atoms with Gasteiger partial charge in [-0.2, -0.15) is 4.99 Å². The first-order valence-corrected chi connectivity index (χ1v) is 4.14. The van der Waals surface area contributed by atoms with E-state index in [9.17, 15) is 9.59 Å². The highest BCUT2D eigenvalue weighted by Crippen LogP contribution is 2.20. The van der Waals surface area contributed by atoms with Crippen LogP contribution in [-0.2, 0) is 4.79 Å². The standard InChI is InChI=1S/C9H7ClN2O2/c1-12(9(10)14)8-4-2-3-7(5-8)11-6-13/h2-5H,1H3. The second-order valence-electron chi connectivity index (χ2n) is 2.53. The summed E-state index contributed by atoms with van der Waals surface area (Å²) in [4.78, 5) is 25.5. The Hall–Kier alpha value is -1.64. The zero-order chi connectivity index (χ0) is 10.6. The Labute approximate surface area is 85.8 Å². The van der Waals surface area contributed by atoms with Crippen LogP contribution in [0.4, 0.5) is 16.2 Å². The van der Waals surface area contributed by atoms with Crippen LogP contribution in [0.2, 0.25) is 0 Å². The molecule has 0 aliphatic heterocycles. The van der Waals surface area contributed by atoms with Crippen LogP contribution in [0.1, 0.15) is 0 Å². The first-order chi connectivity index (χ1) is 6.65. The topological polar surface area (TPSA) is 49.7 Å². The van der Waals surface area contributed by atoms with Crippen molar-refractivity contribution in [3.63, 3.8) is 0 Å². The number of carbonyl (C=O) groups excluding carboxylic acids is 2. The maximum atomic E-state index is 10.8. The minimum absolute atomic E-state index is 0.433. The summed E-state index contributed by atoms with van der Waals surface area (Å²) in [6.45, 7) is 0. The summed E-state index contributed by atoms with van der Waals surface area (Å²) in [6.07, 6.45) is 1.42. The van der Waals surface area contributed by atoms with Gasteiger partial charge in [-0.25, -0.2) is 4.79 Å². The molecule has 0 spiro atoms. The van der Waals surface area contributed by atoms with Crippen molar-refractivity contribution < 1.29 is 9.59 Å². The van der Waals surface area contributed by atoms with Gasteiger partial charge in [-0.1, -0.05) is 6.07 Å². The molecule has 0 aliphatic rings. The van der Waals surface area contributed by atoms with Gasteiger partial charge in [0, 0.05) is 12.7 Å². The highest BCUT2D eigenvalue weighted by molar-refractivity contribution is 6.66. The molecule has 0 saturated heterocycles. The number of benzene rings is 1. The second kappa shape index (κ2) is 4.56. The Bertz CT molecular complexity index is 400. The van der Waals surface area contributed by atoms with Crippen molar-refractivity contribution in [3.8, 4) is 0 Å². The van der Waals surface area contributed by atoms with E-state index in [2.05, 4.69) is 4.99 Å². The van der Waals surface area contributed by atoms with Crippen LogP contribution < -0.4 is 4.90 Å².